The van der Waals surface area contributed by atoms with Crippen LogP contribution in [-0.2, 0) is 10.5 Å². The molecule has 23 heavy (non-hydrogen) atoms. The first kappa shape index (κ1) is 15.5. The predicted molar refractivity (Wildman–Crippen MR) is 85.9 cm³/mol. The zero-order chi connectivity index (χ0) is 16.4. The van der Waals surface area contributed by atoms with Crippen molar-refractivity contribution in [1.82, 2.24) is 4.98 Å². The summed E-state index contributed by atoms with van der Waals surface area (Å²) >= 11 is 2.82. The Hall–Kier alpha value is -2.39. The lowest BCUT2D eigenvalue weighted by Gasteiger charge is -1.95. The molecule has 0 saturated heterocycles. The van der Waals surface area contributed by atoms with Crippen LogP contribution in [0.25, 0.3) is 10.2 Å². The number of carbonyl (C=O) groups excluding carboxylic acids is 1. The number of nitrogens with zero attached hydrogens (tertiary/aromatic N) is 2. The van der Waals surface area contributed by atoms with E-state index in [1.54, 1.807) is 18.2 Å². The number of rotatable bonds is 5. The molecule has 0 amide bonds. The van der Waals surface area contributed by atoms with Crippen molar-refractivity contribution >= 4 is 45.0 Å². The van der Waals surface area contributed by atoms with Crippen LogP contribution in [0, 0.1) is 10.1 Å². The third-order valence-electron chi connectivity index (χ3n) is 2.95. The number of thiazole rings is 1. The average Bonchev–Trinajstić information content (AvgIpc) is 3.17. The van der Waals surface area contributed by atoms with E-state index in [-0.39, 0.29) is 11.4 Å². The second-order valence-electron chi connectivity index (χ2n) is 4.44. The summed E-state index contributed by atoms with van der Waals surface area (Å²) in [5.74, 6) is 0.760. The van der Waals surface area contributed by atoms with Gasteiger partial charge in [-0.25, -0.2) is 9.78 Å². The van der Waals surface area contributed by atoms with Crippen molar-refractivity contribution in [3.8, 4) is 0 Å². The Bertz CT molecular complexity index is 886. The molecule has 2 heterocycles. The number of methoxy groups -OCH3 is 1. The lowest BCUT2D eigenvalue weighted by Crippen LogP contribution is -1.98. The van der Waals surface area contributed by atoms with E-state index >= 15 is 0 Å². The normalized spacial score (nSPS) is 10.8. The molecule has 0 bridgehead atoms. The first-order valence-electron chi connectivity index (χ1n) is 6.41. The molecular formula is C14H10N2O5S2. The number of hydrogen-bond donors (Lipinski definition) is 0. The summed E-state index contributed by atoms with van der Waals surface area (Å²) in [4.78, 5) is 26.1. The second-order valence-corrected chi connectivity index (χ2v) is 6.69. The molecule has 0 aliphatic carbocycles. The number of ether oxygens (including phenoxy) is 1. The standard InChI is InChI=1S/C14H10N2O5S2/c1-20-13(17)11-5-3-9(21-11)7-22-14-15-10-4-2-8(16(18)19)6-12(10)23-14/h2-6H,7H2,1H3. The maximum Gasteiger partial charge on any atom is 0.373 e. The molecule has 0 spiro atoms. The van der Waals surface area contributed by atoms with Crippen LogP contribution in [0.5, 0.6) is 0 Å². The minimum absolute atomic E-state index is 0.0476. The average molecular weight is 350 g/mol. The molecule has 0 radical (unpaired) electrons. The van der Waals surface area contributed by atoms with Gasteiger partial charge >= 0.3 is 5.97 Å². The van der Waals surface area contributed by atoms with Gasteiger partial charge in [0.15, 0.2) is 4.34 Å². The van der Waals surface area contributed by atoms with Gasteiger partial charge in [-0.3, -0.25) is 10.1 Å². The number of thioether (sulfide) groups is 1. The largest absolute Gasteiger partial charge is 0.463 e. The summed E-state index contributed by atoms with van der Waals surface area (Å²) < 4.78 is 11.5. The Morgan fingerprint density at radius 2 is 2.26 bits per heavy atom. The highest BCUT2D eigenvalue weighted by Gasteiger charge is 2.13. The number of nitro groups is 1. The molecule has 7 nitrogen and oxygen atoms in total. The van der Waals surface area contributed by atoms with E-state index in [2.05, 4.69) is 9.72 Å². The fourth-order valence-electron chi connectivity index (χ4n) is 1.87. The van der Waals surface area contributed by atoms with Crippen molar-refractivity contribution < 1.29 is 18.9 Å². The fourth-order valence-corrected chi connectivity index (χ4v) is 3.86. The van der Waals surface area contributed by atoms with Gasteiger partial charge in [0.1, 0.15) is 5.76 Å². The molecular weight excluding hydrogens is 340 g/mol. The molecule has 3 aromatic rings. The van der Waals surface area contributed by atoms with Gasteiger partial charge in [-0.2, -0.15) is 0 Å². The molecule has 0 unspecified atom stereocenters. The number of benzene rings is 1. The smallest absolute Gasteiger partial charge is 0.373 e. The van der Waals surface area contributed by atoms with E-state index in [1.165, 1.54) is 42.3 Å². The summed E-state index contributed by atoms with van der Waals surface area (Å²) in [5.41, 5.74) is 0.768. The Morgan fingerprint density at radius 3 is 3.00 bits per heavy atom. The van der Waals surface area contributed by atoms with E-state index in [4.69, 9.17) is 4.42 Å². The van der Waals surface area contributed by atoms with Crippen LogP contribution in [0.3, 0.4) is 0 Å². The van der Waals surface area contributed by atoms with Crippen LogP contribution >= 0.6 is 23.1 Å². The van der Waals surface area contributed by atoms with E-state index in [1.807, 2.05) is 0 Å². The third-order valence-corrected chi connectivity index (χ3v) is 5.13. The Morgan fingerprint density at radius 1 is 1.43 bits per heavy atom. The first-order chi connectivity index (χ1) is 11.1. The zero-order valence-electron chi connectivity index (χ0n) is 11.8. The molecule has 0 N–H and O–H groups in total. The summed E-state index contributed by atoms with van der Waals surface area (Å²) in [6, 6.07) is 7.85. The van der Waals surface area contributed by atoms with Gasteiger partial charge in [0.05, 0.1) is 28.0 Å². The Balaban J connectivity index is 1.73. The van der Waals surface area contributed by atoms with Crippen molar-refractivity contribution in [1.29, 1.82) is 0 Å². The van der Waals surface area contributed by atoms with Crippen LogP contribution in [0.15, 0.2) is 39.1 Å². The van der Waals surface area contributed by atoms with Crippen molar-refractivity contribution in [3.63, 3.8) is 0 Å². The topological polar surface area (TPSA) is 95.5 Å². The van der Waals surface area contributed by atoms with Gasteiger partial charge in [-0.1, -0.05) is 11.8 Å². The highest BCUT2D eigenvalue weighted by molar-refractivity contribution is 8.00. The zero-order valence-corrected chi connectivity index (χ0v) is 13.5. The maximum atomic E-state index is 11.3. The number of nitro benzene ring substituents is 1. The third kappa shape index (κ3) is 3.35. The molecule has 0 aliphatic rings. The molecule has 1 aromatic carbocycles. The van der Waals surface area contributed by atoms with Crippen LogP contribution in [0.1, 0.15) is 16.3 Å². The van der Waals surface area contributed by atoms with Gasteiger partial charge in [0, 0.05) is 12.1 Å². The molecule has 0 saturated carbocycles. The molecule has 0 fully saturated rings. The molecule has 0 atom stereocenters. The van der Waals surface area contributed by atoms with Gasteiger partial charge in [-0.15, -0.1) is 11.3 Å². The van der Waals surface area contributed by atoms with E-state index in [0.717, 1.165) is 14.6 Å². The minimum Gasteiger partial charge on any atom is -0.463 e. The SMILES string of the molecule is COC(=O)c1ccc(CSc2nc3ccc([N+](=O)[O-])cc3s2)o1. The Labute approximate surface area is 138 Å². The first-order valence-corrected chi connectivity index (χ1v) is 8.22. The fraction of sp³-hybridized carbons (Fsp3) is 0.143. The highest BCUT2D eigenvalue weighted by atomic mass is 32.2. The van der Waals surface area contributed by atoms with Gasteiger partial charge < -0.3 is 9.15 Å². The maximum absolute atomic E-state index is 11.3. The number of esters is 1. The van der Waals surface area contributed by atoms with E-state index in [0.29, 0.717) is 11.5 Å². The van der Waals surface area contributed by atoms with Crippen molar-refractivity contribution in [3.05, 3.63) is 52.0 Å². The lowest BCUT2D eigenvalue weighted by molar-refractivity contribution is -0.384. The van der Waals surface area contributed by atoms with Crippen molar-refractivity contribution in [2.24, 2.45) is 0 Å². The van der Waals surface area contributed by atoms with Crippen LogP contribution < -0.4 is 0 Å². The van der Waals surface area contributed by atoms with E-state index < -0.39 is 10.9 Å². The number of furan rings is 1. The Kier molecular flexibility index (Phi) is 4.30. The number of non-ortho nitro benzene ring substituents is 1. The van der Waals surface area contributed by atoms with E-state index in [9.17, 15) is 14.9 Å². The molecule has 9 heteroatoms. The number of aromatic nitrogens is 1. The highest BCUT2D eigenvalue weighted by Crippen LogP contribution is 2.33. The molecule has 3 rings (SSSR count). The summed E-state index contributed by atoms with van der Waals surface area (Å²) in [7, 11) is 1.29. The summed E-state index contributed by atoms with van der Waals surface area (Å²) in [6.45, 7) is 0. The lowest BCUT2D eigenvalue weighted by atomic mass is 10.3. The van der Waals surface area contributed by atoms with Crippen LogP contribution in [0.2, 0.25) is 0 Å². The van der Waals surface area contributed by atoms with Crippen molar-refractivity contribution in [2.75, 3.05) is 7.11 Å². The van der Waals surface area contributed by atoms with Crippen LogP contribution in [-0.4, -0.2) is 23.0 Å². The van der Waals surface area contributed by atoms with Crippen molar-refractivity contribution in [2.45, 2.75) is 10.1 Å². The van der Waals surface area contributed by atoms with Gasteiger partial charge in [-0.05, 0) is 18.2 Å². The minimum atomic E-state index is -0.520. The number of carbonyl (C=O) groups is 1. The quantitative estimate of drug-likeness (QED) is 0.298. The predicted octanol–water partition coefficient (Wildman–Crippen LogP) is 3.88. The number of fused-ring (bicyclic) bond motifs is 1. The molecule has 2 aromatic heterocycles. The summed E-state index contributed by atoms with van der Waals surface area (Å²) in [6.07, 6.45) is 0. The monoisotopic (exact) mass is 350 g/mol. The van der Waals surface area contributed by atoms with Gasteiger partial charge in [0.25, 0.3) is 5.69 Å². The summed E-state index contributed by atoms with van der Waals surface area (Å²) in [5, 5.41) is 10.8. The van der Waals surface area contributed by atoms with Crippen LogP contribution in [0.4, 0.5) is 5.69 Å². The van der Waals surface area contributed by atoms with Gasteiger partial charge in [0.2, 0.25) is 5.76 Å². The number of hydrogen-bond acceptors (Lipinski definition) is 8. The second kappa shape index (κ2) is 6.39. The molecule has 118 valence electrons. The molecule has 0 aliphatic heterocycles.